The molecule has 3 aromatic rings. The minimum atomic E-state index is -0.801. The smallest absolute Gasteiger partial charge is 0.330 e. The van der Waals surface area contributed by atoms with Gasteiger partial charge in [0.25, 0.3) is 11.5 Å². The van der Waals surface area contributed by atoms with Crippen molar-refractivity contribution in [3.8, 4) is 0 Å². The Balaban J connectivity index is 1.73. The number of hydrogen-bond acceptors (Lipinski definition) is 6. The van der Waals surface area contributed by atoms with Gasteiger partial charge >= 0.3 is 5.69 Å². The van der Waals surface area contributed by atoms with Crippen molar-refractivity contribution in [3.63, 3.8) is 0 Å². The molecule has 2 amide bonds. The number of aromatic amines is 1. The summed E-state index contributed by atoms with van der Waals surface area (Å²) in [5.74, 6) is -0.677. The molecule has 2 aromatic heterocycles. The molecule has 34 heavy (non-hydrogen) atoms. The standard InChI is InChI=1S/C24H25N5O5/c1-3-4-11-27-21(25)20(22(31)26-24(27)33)29(13-16-8-7-12-34-16)19(30)14-28-15(2)17-9-5-6-10-18(17)23(28)32/h5-10,12H,2-4,11,13-14,25H2,1H3,(H,26,31,33). The molecule has 0 fully saturated rings. The van der Waals surface area contributed by atoms with Crippen molar-refractivity contribution < 1.29 is 14.0 Å². The van der Waals surface area contributed by atoms with E-state index in [0.29, 0.717) is 29.0 Å². The van der Waals surface area contributed by atoms with Gasteiger partial charge in [0.15, 0.2) is 5.69 Å². The second-order valence-electron chi connectivity index (χ2n) is 7.94. The Morgan fingerprint density at radius 3 is 2.53 bits per heavy atom. The minimum Gasteiger partial charge on any atom is -0.467 e. The van der Waals surface area contributed by atoms with E-state index in [0.717, 1.165) is 11.3 Å². The van der Waals surface area contributed by atoms with Gasteiger partial charge in [0, 0.05) is 23.4 Å². The molecule has 10 heteroatoms. The number of nitrogens with one attached hydrogen (secondary N) is 1. The first kappa shape index (κ1) is 22.8. The molecule has 0 atom stereocenters. The average Bonchev–Trinajstić information content (AvgIpc) is 3.41. The van der Waals surface area contributed by atoms with Crippen LogP contribution in [-0.4, -0.2) is 32.8 Å². The third-order valence-corrected chi connectivity index (χ3v) is 5.75. The van der Waals surface area contributed by atoms with E-state index in [1.54, 1.807) is 36.4 Å². The van der Waals surface area contributed by atoms with Crippen LogP contribution < -0.4 is 21.9 Å². The summed E-state index contributed by atoms with van der Waals surface area (Å²) in [6.45, 7) is 5.71. The molecule has 0 saturated carbocycles. The van der Waals surface area contributed by atoms with Crippen LogP contribution in [-0.2, 0) is 17.9 Å². The predicted molar refractivity (Wildman–Crippen MR) is 127 cm³/mol. The quantitative estimate of drug-likeness (QED) is 0.526. The number of aromatic nitrogens is 2. The van der Waals surface area contributed by atoms with Gasteiger partial charge in [-0.15, -0.1) is 0 Å². The van der Waals surface area contributed by atoms with E-state index in [-0.39, 0.29) is 37.0 Å². The predicted octanol–water partition coefficient (Wildman–Crippen LogP) is 2.17. The van der Waals surface area contributed by atoms with Crippen LogP contribution in [0.15, 0.2) is 63.2 Å². The molecule has 3 N–H and O–H groups in total. The van der Waals surface area contributed by atoms with E-state index in [4.69, 9.17) is 10.2 Å². The summed E-state index contributed by atoms with van der Waals surface area (Å²) >= 11 is 0. The van der Waals surface area contributed by atoms with Gasteiger partial charge in [0.1, 0.15) is 18.1 Å². The summed E-state index contributed by atoms with van der Waals surface area (Å²) in [7, 11) is 0. The zero-order valence-electron chi connectivity index (χ0n) is 18.7. The second-order valence-corrected chi connectivity index (χ2v) is 7.94. The van der Waals surface area contributed by atoms with Crippen LogP contribution in [0.2, 0.25) is 0 Å². The number of carbonyl (C=O) groups is 2. The lowest BCUT2D eigenvalue weighted by Gasteiger charge is -2.26. The van der Waals surface area contributed by atoms with Crippen LogP contribution in [0.5, 0.6) is 0 Å². The Morgan fingerprint density at radius 1 is 1.15 bits per heavy atom. The molecule has 0 aliphatic carbocycles. The summed E-state index contributed by atoms with van der Waals surface area (Å²) in [5, 5.41) is 0. The summed E-state index contributed by atoms with van der Waals surface area (Å²) < 4.78 is 6.62. The zero-order chi connectivity index (χ0) is 24.4. The summed E-state index contributed by atoms with van der Waals surface area (Å²) in [6.07, 6.45) is 2.90. The van der Waals surface area contributed by atoms with Gasteiger partial charge in [-0.25, -0.2) is 4.79 Å². The van der Waals surface area contributed by atoms with Gasteiger partial charge in [-0.2, -0.15) is 0 Å². The molecule has 176 valence electrons. The number of furan rings is 1. The van der Waals surface area contributed by atoms with Gasteiger partial charge in [0.05, 0.1) is 12.8 Å². The van der Waals surface area contributed by atoms with E-state index in [2.05, 4.69) is 11.6 Å². The maximum Gasteiger partial charge on any atom is 0.330 e. The van der Waals surface area contributed by atoms with Crippen molar-refractivity contribution in [3.05, 3.63) is 87.0 Å². The Bertz CT molecular complexity index is 1330. The van der Waals surface area contributed by atoms with E-state index < -0.39 is 17.2 Å². The third kappa shape index (κ3) is 4.05. The SMILES string of the molecule is C=C1c2ccccc2C(=O)N1CC(=O)N(Cc1ccco1)c1c(N)n(CCCC)c(=O)[nH]c1=O. The molecule has 1 aliphatic heterocycles. The summed E-state index contributed by atoms with van der Waals surface area (Å²) in [5.41, 5.74) is 6.10. The highest BCUT2D eigenvalue weighted by atomic mass is 16.3. The molecule has 0 saturated heterocycles. The molecular weight excluding hydrogens is 438 g/mol. The molecule has 0 radical (unpaired) electrons. The number of nitrogen functional groups attached to an aromatic ring is 1. The molecule has 4 rings (SSSR count). The van der Waals surface area contributed by atoms with Gasteiger partial charge in [-0.1, -0.05) is 38.1 Å². The first-order chi connectivity index (χ1) is 16.3. The zero-order valence-corrected chi connectivity index (χ0v) is 18.7. The number of H-pyrrole nitrogens is 1. The van der Waals surface area contributed by atoms with Crippen LogP contribution in [0, 0.1) is 0 Å². The van der Waals surface area contributed by atoms with Crippen LogP contribution in [0.25, 0.3) is 5.70 Å². The second kappa shape index (κ2) is 9.26. The summed E-state index contributed by atoms with van der Waals surface area (Å²) in [6, 6.07) is 10.2. The fraction of sp³-hybridized carbons (Fsp3) is 0.250. The third-order valence-electron chi connectivity index (χ3n) is 5.75. The van der Waals surface area contributed by atoms with E-state index in [9.17, 15) is 19.2 Å². The van der Waals surface area contributed by atoms with Gasteiger partial charge in [-0.05, 0) is 24.6 Å². The number of benzene rings is 1. The highest BCUT2D eigenvalue weighted by molar-refractivity contribution is 6.11. The Morgan fingerprint density at radius 2 is 1.88 bits per heavy atom. The van der Waals surface area contributed by atoms with Crippen LogP contribution in [0.4, 0.5) is 11.5 Å². The van der Waals surface area contributed by atoms with Crippen LogP contribution >= 0.6 is 0 Å². The average molecular weight is 463 g/mol. The van der Waals surface area contributed by atoms with Gasteiger partial charge in [-0.3, -0.25) is 33.7 Å². The Hall–Kier alpha value is -4.34. The van der Waals surface area contributed by atoms with Crippen molar-refractivity contribution in [2.45, 2.75) is 32.9 Å². The van der Waals surface area contributed by atoms with E-state index in [1.165, 1.54) is 15.7 Å². The van der Waals surface area contributed by atoms with Crippen molar-refractivity contribution in [1.82, 2.24) is 14.5 Å². The maximum atomic E-state index is 13.5. The van der Waals surface area contributed by atoms with Crippen molar-refractivity contribution in [2.75, 3.05) is 17.2 Å². The monoisotopic (exact) mass is 463 g/mol. The first-order valence-corrected chi connectivity index (χ1v) is 10.9. The number of rotatable bonds is 8. The number of unbranched alkanes of at least 4 members (excludes halogenated alkanes) is 1. The van der Waals surface area contributed by atoms with Crippen LogP contribution in [0.1, 0.15) is 41.4 Å². The Labute approximate surface area is 194 Å². The lowest BCUT2D eigenvalue weighted by Crippen LogP contribution is -2.44. The van der Waals surface area contributed by atoms with Gasteiger partial charge in [0.2, 0.25) is 5.91 Å². The summed E-state index contributed by atoms with van der Waals surface area (Å²) in [4.78, 5) is 56.3. The number of amides is 2. The normalized spacial score (nSPS) is 12.8. The fourth-order valence-corrected chi connectivity index (χ4v) is 3.95. The molecule has 0 bridgehead atoms. The topological polar surface area (TPSA) is 135 Å². The highest BCUT2D eigenvalue weighted by Crippen LogP contribution is 2.31. The Kier molecular flexibility index (Phi) is 6.22. The number of nitrogens with zero attached hydrogens (tertiary/aromatic N) is 3. The molecular formula is C24H25N5O5. The highest BCUT2D eigenvalue weighted by Gasteiger charge is 2.34. The van der Waals surface area contributed by atoms with Gasteiger partial charge < -0.3 is 10.2 Å². The number of anilines is 2. The largest absolute Gasteiger partial charge is 0.467 e. The molecule has 3 heterocycles. The maximum absolute atomic E-state index is 13.5. The minimum absolute atomic E-state index is 0.119. The molecule has 1 aromatic carbocycles. The van der Waals surface area contributed by atoms with E-state index in [1.807, 2.05) is 6.92 Å². The molecule has 0 unspecified atom stereocenters. The lowest BCUT2D eigenvalue weighted by molar-refractivity contribution is -0.119. The number of hydrogen-bond donors (Lipinski definition) is 2. The van der Waals surface area contributed by atoms with Crippen LogP contribution in [0.3, 0.4) is 0 Å². The lowest BCUT2D eigenvalue weighted by atomic mass is 10.1. The van der Waals surface area contributed by atoms with Crippen molar-refractivity contribution in [2.24, 2.45) is 0 Å². The van der Waals surface area contributed by atoms with Crippen molar-refractivity contribution in [1.29, 1.82) is 0 Å². The number of carbonyl (C=O) groups excluding carboxylic acids is 2. The molecule has 10 nitrogen and oxygen atoms in total. The molecule has 0 spiro atoms. The molecule has 1 aliphatic rings. The first-order valence-electron chi connectivity index (χ1n) is 10.9. The van der Waals surface area contributed by atoms with E-state index >= 15 is 0 Å². The number of fused-ring (bicyclic) bond motifs is 1. The fourth-order valence-electron chi connectivity index (χ4n) is 3.95. The van der Waals surface area contributed by atoms with Crippen molar-refractivity contribution >= 4 is 29.0 Å². The number of nitrogens with two attached hydrogens (primary N) is 1.